The second-order valence-corrected chi connectivity index (χ2v) is 4.14. The van der Waals surface area contributed by atoms with E-state index in [-0.39, 0.29) is 11.5 Å². The molecule has 3 atom stereocenters. The second kappa shape index (κ2) is 5.40. The van der Waals surface area contributed by atoms with Gasteiger partial charge in [-0.3, -0.25) is 0 Å². The summed E-state index contributed by atoms with van der Waals surface area (Å²) in [5.41, 5.74) is 5.63. The lowest BCUT2D eigenvalue weighted by Crippen LogP contribution is -2.44. The Morgan fingerprint density at radius 1 is 1.62 bits per heavy atom. The quantitative estimate of drug-likeness (QED) is 0.622. The lowest BCUT2D eigenvalue weighted by Gasteiger charge is -2.35. The molecule has 0 aliphatic heterocycles. The van der Waals surface area contributed by atoms with Crippen molar-refractivity contribution in [2.75, 3.05) is 0 Å². The van der Waals surface area contributed by atoms with Crippen molar-refractivity contribution in [3.8, 4) is 0 Å². The first-order chi connectivity index (χ1) is 5.98. The summed E-state index contributed by atoms with van der Waals surface area (Å²) in [4.78, 5) is 0. The van der Waals surface area contributed by atoms with Gasteiger partial charge in [0.05, 0.1) is 6.10 Å². The number of allylic oxidation sites excluding steroid dienone is 1. The summed E-state index contributed by atoms with van der Waals surface area (Å²) in [6.45, 7) is 9.72. The van der Waals surface area contributed by atoms with Gasteiger partial charge in [-0.2, -0.15) is 0 Å². The molecule has 0 radical (unpaired) electrons. The van der Waals surface area contributed by atoms with Crippen LogP contribution < -0.4 is 5.73 Å². The minimum Gasteiger partial charge on any atom is -0.391 e. The molecule has 2 unspecified atom stereocenters. The van der Waals surface area contributed by atoms with E-state index in [1.165, 1.54) is 0 Å². The Morgan fingerprint density at radius 2 is 2.15 bits per heavy atom. The minimum atomic E-state index is -0.419. The maximum atomic E-state index is 9.91. The Bertz CT molecular complexity index is 156. The average Bonchev–Trinajstić information content (AvgIpc) is 2.12. The fourth-order valence-electron chi connectivity index (χ4n) is 1.60. The van der Waals surface area contributed by atoms with Gasteiger partial charge in [-0.25, -0.2) is 0 Å². The largest absolute Gasteiger partial charge is 0.391 e. The molecule has 0 aromatic carbocycles. The first-order valence-corrected chi connectivity index (χ1v) is 5.02. The van der Waals surface area contributed by atoms with Gasteiger partial charge < -0.3 is 10.8 Å². The zero-order valence-electron chi connectivity index (χ0n) is 9.09. The van der Waals surface area contributed by atoms with E-state index >= 15 is 0 Å². The van der Waals surface area contributed by atoms with Crippen LogP contribution in [-0.2, 0) is 0 Å². The summed E-state index contributed by atoms with van der Waals surface area (Å²) in [5.74, 6) is 0. The lowest BCUT2D eigenvalue weighted by atomic mass is 9.75. The molecule has 2 heteroatoms. The van der Waals surface area contributed by atoms with Gasteiger partial charge in [-0.1, -0.05) is 19.9 Å². The summed E-state index contributed by atoms with van der Waals surface area (Å²) in [5, 5.41) is 9.91. The van der Waals surface area contributed by atoms with Crippen molar-refractivity contribution < 1.29 is 5.11 Å². The molecule has 2 nitrogen and oxygen atoms in total. The Morgan fingerprint density at radius 3 is 2.46 bits per heavy atom. The average molecular weight is 185 g/mol. The number of rotatable bonds is 6. The van der Waals surface area contributed by atoms with Gasteiger partial charge in [-0.05, 0) is 31.6 Å². The van der Waals surface area contributed by atoms with E-state index in [1.807, 2.05) is 13.0 Å². The van der Waals surface area contributed by atoms with E-state index in [1.54, 1.807) is 0 Å². The van der Waals surface area contributed by atoms with Gasteiger partial charge in [0.2, 0.25) is 0 Å². The Balaban J connectivity index is 4.32. The van der Waals surface area contributed by atoms with Crippen molar-refractivity contribution in [2.24, 2.45) is 11.1 Å². The molecule has 0 aliphatic carbocycles. The van der Waals surface area contributed by atoms with Gasteiger partial charge in [0, 0.05) is 6.04 Å². The van der Waals surface area contributed by atoms with Crippen molar-refractivity contribution in [1.82, 2.24) is 0 Å². The topological polar surface area (TPSA) is 46.2 Å². The minimum absolute atomic E-state index is 0.0671. The Kier molecular flexibility index (Phi) is 5.26. The standard InChI is InChI=1S/C11H23NO/c1-5-7-8-11(4,6-2)10(13)9(3)12/h5,9-10,13H,1,6-8,12H2,2-4H3/t9?,10-,11?/m0/s1. The molecule has 0 rings (SSSR count). The summed E-state index contributed by atoms with van der Waals surface area (Å²) in [6.07, 6.45) is 4.31. The summed E-state index contributed by atoms with van der Waals surface area (Å²) in [7, 11) is 0. The van der Waals surface area contributed by atoms with E-state index < -0.39 is 6.10 Å². The fourth-order valence-corrected chi connectivity index (χ4v) is 1.60. The molecule has 78 valence electrons. The molecule has 3 N–H and O–H groups in total. The third-order valence-corrected chi connectivity index (χ3v) is 2.94. The van der Waals surface area contributed by atoms with Crippen molar-refractivity contribution >= 4 is 0 Å². The molecule has 0 aromatic heterocycles. The number of aliphatic hydroxyl groups is 1. The van der Waals surface area contributed by atoms with Gasteiger partial charge in [-0.15, -0.1) is 6.58 Å². The molecule has 0 heterocycles. The lowest BCUT2D eigenvalue weighted by molar-refractivity contribution is 0.0131. The molecule has 0 saturated carbocycles. The summed E-state index contributed by atoms with van der Waals surface area (Å²) in [6, 6.07) is -0.158. The Hall–Kier alpha value is -0.340. The van der Waals surface area contributed by atoms with Crippen LogP contribution in [0.1, 0.15) is 40.0 Å². The Labute approximate surface area is 81.8 Å². The van der Waals surface area contributed by atoms with E-state index in [9.17, 15) is 5.11 Å². The van der Waals surface area contributed by atoms with Crippen LogP contribution in [0.15, 0.2) is 12.7 Å². The van der Waals surface area contributed by atoms with Crippen LogP contribution in [-0.4, -0.2) is 17.3 Å². The zero-order chi connectivity index (χ0) is 10.5. The van der Waals surface area contributed by atoms with E-state index in [0.717, 1.165) is 19.3 Å². The predicted molar refractivity (Wildman–Crippen MR) is 57.5 cm³/mol. The monoisotopic (exact) mass is 185 g/mol. The highest BCUT2D eigenvalue weighted by atomic mass is 16.3. The smallest absolute Gasteiger partial charge is 0.0741 e. The van der Waals surface area contributed by atoms with Crippen LogP contribution in [0, 0.1) is 5.41 Å². The molecule has 0 aromatic rings. The first-order valence-electron chi connectivity index (χ1n) is 5.02. The first kappa shape index (κ1) is 12.7. The molecule has 0 spiro atoms. The normalized spacial score (nSPS) is 20.4. The van der Waals surface area contributed by atoms with Crippen LogP contribution in [0.3, 0.4) is 0 Å². The molecule has 0 aliphatic rings. The van der Waals surface area contributed by atoms with E-state index in [4.69, 9.17) is 5.73 Å². The van der Waals surface area contributed by atoms with Gasteiger partial charge in [0.25, 0.3) is 0 Å². The molecule has 13 heavy (non-hydrogen) atoms. The third-order valence-electron chi connectivity index (χ3n) is 2.94. The predicted octanol–water partition coefficient (Wildman–Crippen LogP) is 2.08. The number of hydrogen-bond donors (Lipinski definition) is 2. The van der Waals surface area contributed by atoms with Crippen LogP contribution in [0.4, 0.5) is 0 Å². The van der Waals surface area contributed by atoms with Crippen molar-refractivity contribution in [2.45, 2.75) is 52.2 Å². The highest BCUT2D eigenvalue weighted by molar-refractivity contribution is 4.87. The zero-order valence-corrected chi connectivity index (χ0v) is 9.09. The highest BCUT2D eigenvalue weighted by Crippen LogP contribution is 2.32. The van der Waals surface area contributed by atoms with Crippen molar-refractivity contribution in [3.05, 3.63) is 12.7 Å². The van der Waals surface area contributed by atoms with E-state index in [2.05, 4.69) is 20.4 Å². The van der Waals surface area contributed by atoms with Crippen LogP contribution >= 0.6 is 0 Å². The van der Waals surface area contributed by atoms with Gasteiger partial charge in [0.1, 0.15) is 0 Å². The second-order valence-electron chi connectivity index (χ2n) is 4.14. The molecule has 0 amide bonds. The van der Waals surface area contributed by atoms with Crippen molar-refractivity contribution in [3.63, 3.8) is 0 Å². The van der Waals surface area contributed by atoms with Crippen LogP contribution in [0.25, 0.3) is 0 Å². The molecule has 0 bridgehead atoms. The fraction of sp³-hybridized carbons (Fsp3) is 0.818. The van der Waals surface area contributed by atoms with Crippen molar-refractivity contribution in [1.29, 1.82) is 0 Å². The molecular formula is C11H23NO. The number of aliphatic hydroxyl groups excluding tert-OH is 1. The van der Waals surface area contributed by atoms with Gasteiger partial charge >= 0.3 is 0 Å². The number of nitrogens with two attached hydrogens (primary N) is 1. The van der Waals surface area contributed by atoms with Gasteiger partial charge in [0.15, 0.2) is 0 Å². The molecule has 0 fully saturated rings. The van der Waals surface area contributed by atoms with Crippen LogP contribution in [0.5, 0.6) is 0 Å². The van der Waals surface area contributed by atoms with E-state index in [0.29, 0.717) is 0 Å². The maximum Gasteiger partial charge on any atom is 0.0741 e. The van der Waals surface area contributed by atoms with Crippen LogP contribution in [0.2, 0.25) is 0 Å². The summed E-state index contributed by atoms with van der Waals surface area (Å²) < 4.78 is 0. The number of hydrogen-bond acceptors (Lipinski definition) is 2. The third kappa shape index (κ3) is 3.49. The summed E-state index contributed by atoms with van der Waals surface area (Å²) >= 11 is 0. The SMILES string of the molecule is C=CCCC(C)(CC)[C@@H](O)C(C)N. The highest BCUT2D eigenvalue weighted by Gasteiger charge is 2.32. The molecular weight excluding hydrogens is 162 g/mol. The maximum absolute atomic E-state index is 9.91. The molecule has 0 saturated heterocycles.